The molecular formula is C29H26O5. The fourth-order valence-corrected chi connectivity index (χ4v) is 3.34. The van der Waals surface area contributed by atoms with E-state index in [2.05, 4.69) is 0 Å². The minimum absolute atomic E-state index is 0.0897. The molecule has 0 heterocycles. The van der Waals surface area contributed by atoms with E-state index in [9.17, 15) is 9.90 Å². The third-order valence-electron chi connectivity index (χ3n) is 5.21. The molecule has 172 valence electrons. The minimum atomic E-state index is -1.44. The molecule has 0 aliphatic heterocycles. The lowest BCUT2D eigenvalue weighted by molar-refractivity contribution is -0.155. The van der Waals surface area contributed by atoms with Gasteiger partial charge >= 0.3 is 5.97 Å². The van der Waals surface area contributed by atoms with E-state index in [0.29, 0.717) is 30.3 Å². The third kappa shape index (κ3) is 6.47. The Kier molecular flexibility index (Phi) is 7.93. The molecular weight excluding hydrogens is 428 g/mol. The zero-order valence-corrected chi connectivity index (χ0v) is 18.7. The molecule has 0 bridgehead atoms. The van der Waals surface area contributed by atoms with Gasteiger partial charge < -0.3 is 19.3 Å². The van der Waals surface area contributed by atoms with Crippen LogP contribution in [0.4, 0.5) is 0 Å². The summed E-state index contributed by atoms with van der Waals surface area (Å²) in [5, 5.41) is 10.6. The fourth-order valence-electron chi connectivity index (χ4n) is 3.34. The molecule has 34 heavy (non-hydrogen) atoms. The Morgan fingerprint density at radius 1 is 0.618 bits per heavy atom. The van der Waals surface area contributed by atoms with Crippen LogP contribution in [0.5, 0.6) is 11.5 Å². The molecule has 0 spiro atoms. The number of carbonyl (C=O) groups is 1. The Hall–Kier alpha value is -4.09. The van der Waals surface area contributed by atoms with Crippen LogP contribution in [0.25, 0.3) is 0 Å². The first-order valence-electron chi connectivity index (χ1n) is 11.0. The van der Waals surface area contributed by atoms with E-state index < -0.39 is 12.1 Å². The fraction of sp³-hybridized carbons (Fsp3) is 0.138. The van der Waals surface area contributed by atoms with Gasteiger partial charge in [0.2, 0.25) is 0 Å². The van der Waals surface area contributed by atoms with Crippen LogP contribution in [0, 0.1) is 0 Å². The van der Waals surface area contributed by atoms with Crippen molar-refractivity contribution in [2.24, 2.45) is 0 Å². The molecule has 1 atom stereocenters. The molecule has 1 N–H and O–H groups in total. The number of hydrogen-bond donors (Lipinski definition) is 1. The Labute approximate surface area is 199 Å². The number of rotatable bonds is 10. The maximum atomic E-state index is 12.5. The smallest absolute Gasteiger partial charge is 0.339 e. The van der Waals surface area contributed by atoms with Crippen molar-refractivity contribution in [3.8, 4) is 11.5 Å². The lowest BCUT2D eigenvalue weighted by Crippen LogP contribution is -2.15. The molecule has 1 unspecified atom stereocenters. The summed E-state index contributed by atoms with van der Waals surface area (Å²) >= 11 is 0. The second kappa shape index (κ2) is 11.7. The molecule has 0 aliphatic rings. The van der Waals surface area contributed by atoms with E-state index in [4.69, 9.17) is 14.2 Å². The Balaban J connectivity index is 1.48. The first-order chi connectivity index (χ1) is 16.7. The second-order valence-corrected chi connectivity index (χ2v) is 7.75. The highest BCUT2D eigenvalue weighted by atomic mass is 16.5. The Morgan fingerprint density at radius 2 is 1.09 bits per heavy atom. The normalized spacial score (nSPS) is 11.4. The number of benzene rings is 4. The zero-order valence-electron chi connectivity index (χ0n) is 18.7. The van der Waals surface area contributed by atoms with Crippen LogP contribution in [0.1, 0.15) is 28.4 Å². The number of carbonyl (C=O) groups excluding carboxylic acids is 1. The van der Waals surface area contributed by atoms with Crippen LogP contribution in [-0.4, -0.2) is 11.1 Å². The average Bonchev–Trinajstić information content (AvgIpc) is 2.91. The van der Waals surface area contributed by atoms with Crippen molar-refractivity contribution in [2.45, 2.75) is 25.9 Å². The maximum Gasteiger partial charge on any atom is 0.339 e. The third-order valence-corrected chi connectivity index (χ3v) is 5.21. The van der Waals surface area contributed by atoms with Gasteiger partial charge in [-0.2, -0.15) is 0 Å². The van der Waals surface area contributed by atoms with Crippen LogP contribution in [0.2, 0.25) is 0 Å². The van der Waals surface area contributed by atoms with Crippen molar-refractivity contribution in [3.05, 3.63) is 131 Å². The number of aliphatic hydroxyl groups is 1. The van der Waals surface area contributed by atoms with Gasteiger partial charge in [-0.3, -0.25) is 0 Å². The van der Waals surface area contributed by atoms with Crippen LogP contribution in [-0.2, 0) is 29.4 Å². The van der Waals surface area contributed by atoms with Crippen molar-refractivity contribution in [2.75, 3.05) is 0 Å². The molecule has 0 saturated carbocycles. The standard InChI is InChI=1S/C29H26O5/c30-28(29(31)34-21-24-14-8-3-9-15-24)25-16-17-26(32-19-22-10-4-1-5-11-22)27(18-25)33-20-23-12-6-2-7-13-23/h1-18,28,30H,19-21H2. The summed E-state index contributed by atoms with van der Waals surface area (Å²) in [6, 6.07) is 33.8. The van der Waals surface area contributed by atoms with Gasteiger partial charge in [-0.25, -0.2) is 4.79 Å². The van der Waals surface area contributed by atoms with E-state index in [-0.39, 0.29) is 6.61 Å². The molecule has 0 radical (unpaired) electrons. The quantitative estimate of drug-likeness (QED) is 0.315. The van der Waals surface area contributed by atoms with Crippen molar-refractivity contribution < 1.29 is 24.1 Å². The van der Waals surface area contributed by atoms with Crippen molar-refractivity contribution in [1.82, 2.24) is 0 Å². The van der Waals surface area contributed by atoms with Crippen molar-refractivity contribution in [3.63, 3.8) is 0 Å². The molecule has 0 aromatic heterocycles. The second-order valence-electron chi connectivity index (χ2n) is 7.75. The van der Waals surface area contributed by atoms with Gasteiger partial charge in [0.15, 0.2) is 17.6 Å². The molecule has 0 fully saturated rings. The molecule has 4 aromatic rings. The SMILES string of the molecule is O=C(OCc1ccccc1)C(O)c1ccc(OCc2ccccc2)c(OCc2ccccc2)c1. The molecule has 0 aliphatic carbocycles. The van der Waals surface area contributed by atoms with Crippen LogP contribution >= 0.6 is 0 Å². The van der Waals surface area contributed by atoms with Gasteiger partial charge in [-0.05, 0) is 34.4 Å². The maximum absolute atomic E-state index is 12.5. The van der Waals surface area contributed by atoms with E-state index >= 15 is 0 Å². The molecule has 4 rings (SSSR count). The summed E-state index contributed by atoms with van der Waals surface area (Å²) in [4.78, 5) is 12.5. The molecule has 5 heteroatoms. The van der Waals surface area contributed by atoms with Gasteiger partial charge in [-0.1, -0.05) is 97.1 Å². The summed E-state index contributed by atoms with van der Waals surface area (Å²) in [5.41, 5.74) is 3.22. The number of ether oxygens (including phenoxy) is 3. The van der Waals surface area contributed by atoms with Gasteiger partial charge in [0.05, 0.1) is 0 Å². The topological polar surface area (TPSA) is 65.0 Å². The molecule has 5 nitrogen and oxygen atoms in total. The molecule has 0 amide bonds. The predicted molar refractivity (Wildman–Crippen MR) is 129 cm³/mol. The highest BCUT2D eigenvalue weighted by molar-refractivity contribution is 5.76. The van der Waals surface area contributed by atoms with Gasteiger partial charge in [-0.15, -0.1) is 0 Å². The van der Waals surface area contributed by atoms with Crippen molar-refractivity contribution in [1.29, 1.82) is 0 Å². The number of esters is 1. The highest BCUT2D eigenvalue weighted by Crippen LogP contribution is 2.32. The van der Waals surface area contributed by atoms with E-state index in [1.807, 2.05) is 91.0 Å². The summed E-state index contributed by atoms with van der Waals surface area (Å²) in [6.07, 6.45) is -1.44. The number of aliphatic hydroxyl groups excluding tert-OH is 1. The first-order valence-corrected chi connectivity index (χ1v) is 11.0. The zero-order chi connectivity index (χ0) is 23.6. The van der Waals surface area contributed by atoms with Crippen LogP contribution in [0.3, 0.4) is 0 Å². The van der Waals surface area contributed by atoms with Crippen LogP contribution in [0.15, 0.2) is 109 Å². The van der Waals surface area contributed by atoms with E-state index in [1.54, 1.807) is 18.2 Å². The summed E-state index contributed by atoms with van der Waals surface area (Å²) in [7, 11) is 0. The molecule has 4 aromatic carbocycles. The molecule has 0 saturated heterocycles. The van der Waals surface area contributed by atoms with E-state index in [0.717, 1.165) is 16.7 Å². The van der Waals surface area contributed by atoms with Gasteiger partial charge in [0.25, 0.3) is 0 Å². The largest absolute Gasteiger partial charge is 0.485 e. The van der Waals surface area contributed by atoms with Gasteiger partial charge in [0.1, 0.15) is 19.8 Å². The Bertz CT molecular complexity index is 1180. The summed E-state index contributed by atoms with van der Waals surface area (Å²) in [6.45, 7) is 0.774. The monoisotopic (exact) mass is 454 g/mol. The lowest BCUT2D eigenvalue weighted by Gasteiger charge is -2.16. The van der Waals surface area contributed by atoms with Crippen LogP contribution < -0.4 is 9.47 Å². The average molecular weight is 455 g/mol. The summed E-state index contributed by atoms with van der Waals surface area (Å²) in [5.74, 6) is 0.233. The highest BCUT2D eigenvalue weighted by Gasteiger charge is 2.21. The number of hydrogen-bond acceptors (Lipinski definition) is 5. The van der Waals surface area contributed by atoms with E-state index in [1.165, 1.54) is 0 Å². The minimum Gasteiger partial charge on any atom is -0.485 e. The lowest BCUT2D eigenvalue weighted by atomic mass is 10.1. The Morgan fingerprint density at radius 3 is 1.62 bits per heavy atom. The van der Waals surface area contributed by atoms with Crippen molar-refractivity contribution >= 4 is 5.97 Å². The summed E-state index contributed by atoms with van der Waals surface area (Å²) < 4.78 is 17.3. The first kappa shape index (κ1) is 23.1. The van der Waals surface area contributed by atoms with Gasteiger partial charge in [0, 0.05) is 0 Å². The predicted octanol–water partition coefficient (Wildman–Crippen LogP) is 5.62.